The van der Waals surface area contributed by atoms with Crippen LogP contribution in [0.5, 0.6) is 0 Å². The molecule has 0 aromatic rings. The van der Waals surface area contributed by atoms with Gasteiger partial charge in [0.2, 0.25) is 0 Å². The standard InChI is InChI=1S/C5H7NO4/c1-4(8)10-3-5(2-7)6-9/h2,9H,3H2,1H3/b6-5-. The third kappa shape index (κ3) is 3.59. The van der Waals surface area contributed by atoms with Gasteiger partial charge in [-0.05, 0) is 0 Å². The molecule has 0 fully saturated rings. The molecule has 0 aliphatic carbocycles. The van der Waals surface area contributed by atoms with Crippen molar-refractivity contribution < 1.29 is 19.5 Å². The monoisotopic (exact) mass is 145 g/mol. The fourth-order valence-corrected chi connectivity index (χ4v) is 0.262. The topological polar surface area (TPSA) is 76.0 Å². The van der Waals surface area contributed by atoms with Gasteiger partial charge in [0, 0.05) is 6.92 Å². The van der Waals surface area contributed by atoms with E-state index in [1.54, 1.807) is 0 Å². The fourth-order valence-electron chi connectivity index (χ4n) is 0.262. The summed E-state index contributed by atoms with van der Waals surface area (Å²) in [5.74, 6) is -0.525. The number of aldehydes is 1. The Bertz CT molecular complexity index is 163. The van der Waals surface area contributed by atoms with Gasteiger partial charge >= 0.3 is 5.97 Å². The van der Waals surface area contributed by atoms with Crippen molar-refractivity contribution >= 4 is 18.0 Å². The first-order valence-corrected chi connectivity index (χ1v) is 2.50. The maximum absolute atomic E-state index is 10.1. The normalized spacial score (nSPS) is 10.7. The van der Waals surface area contributed by atoms with E-state index in [0.29, 0.717) is 6.29 Å². The number of rotatable bonds is 3. The first kappa shape index (κ1) is 8.61. The Balaban J connectivity index is 3.66. The molecule has 0 aromatic heterocycles. The van der Waals surface area contributed by atoms with E-state index in [2.05, 4.69) is 9.89 Å². The number of hydrogen-bond acceptors (Lipinski definition) is 5. The van der Waals surface area contributed by atoms with Gasteiger partial charge in [0.15, 0.2) is 12.0 Å². The molecule has 5 heteroatoms. The average molecular weight is 145 g/mol. The zero-order valence-corrected chi connectivity index (χ0v) is 5.40. The van der Waals surface area contributed by atoms with Gasteiger partial charge in [-0.2, -0.15) is 0 Å². The Kier molecular flexibility index (Phi) is 3.86. The lowest BCUT2D eigenvalue weighted by atomic mass is 10.4. The van der Waals surface area contributed by atoms with Crippen LogP contribution in [0.1, 0.15) is 6.92 Å². The summed E-state index contributed by atoms with van der Waals surface area (Å²) in [5.41, 5.74) is -0.213. The molecule has 0 radical (unpaired) electrons. The Labute approximate surface area is 57.3 Å². The molecule has 0 spiro atoms. The van der Waals surface area contributed by atoms with Gasteiger partial charge in [-0.3, -0.25) is 9.59 Å². The second-order valence-corrected chi connectivity index (χ2v) is 1.49. The largest absolute Gasteiger partial charge is 0.459 e. The Hall–Kier alpha value is -1.39. The van der Waals surface area contributed by atoms with E-state index >= 15 is 0 Å². The van der Waals surface area contributed by atoms with Crippen molar-refractivity contribution in [2.75, 3.05) is 6.61 Å². The van der Waals surface area contributed by atoms with E-state index in [-0.39, 0.29) is 12.3 Å². The molecule has 0 aliphatic rings. The van der Waals surface area contributed by atoms with Crippen LogP contribution in [0.25, 0.3) is 0 Å². The summed E-state index contributed by atoms with van der Waals surface area (Å²) in [6.07, 6.45) is 0.308. The first-order valence-electron chi connectivity index (χ1n) is 2.50. The van der Waals surface area contributed by atoms with Crippen molar-refractivity contribution in [3.63, 3.8) is 0 Å². The molecule has 0 heterocycles. The van der Waals surface area contributed by atoms with Crippen LogP contribution in [0, 0.1) is 0 Å². The lowest BCUT2D eigenvalue weighted by Crippen LogP contribution is -2.12. The zero-order valence-electron chi connectivity index (χ0n) is 5.40. The molecule has 56 valence electrons. The number of hydrogen-bond donors (Lipinski definition) is 1. The molecule has 0 bridgehead atoms. The summed E-state index contributed by atoms with van der Waals surface area (Å²) in [4.78, 5) is 20.0. The second-order valence-electron chi connectivity index (χ2n) is 1.49. The highest BCUT2D eigenvalue weighted by molar-refractivity contribution is 6.28. The summed E-state index contributed by atoms with van der Waals surface area (Å²) < 4.78 is 4.32. The van der Waals surface area contributed by atoms with Gasteiger partial charge in [-0.1, -0.05) is 5.16 Å². The van der Waals surface area contributed by atoms with Crippen molar-refractivity contribution in [1.29, 1.82) is 0 Å². The summed E-state index contributed by atoms with van der Waals surface area (Å²) >= 11 is 0. The fraction of sp³-hybridized carbons (Fsp3) is 0.400. The van der Waals surface area contributed by atoms with Crippen molar-refractivity contribution in [2.24, 2.45) is 5.16 Å². The van der Waals surface area contributed by atoms with E-state index in [1.165, 1.54) is 6.92 Å². The maximum atomic E-state index is 10.1. The third-order valence-corrected chi connectivity index (χ3v) is 0.688. The van der Waals surface area contributed by atoms with E-state index in [1.807, 2.05) is 0 Å². The summed E-state index contributed by atoms with van der Waals surface area (Å²) in [5, 5.41) is 10.6. The minimum absolute atomic E-state index is 0.213. The lowest BCUT2D eigenvalue weighted by molar-refractivity contribution is -0.139. The van der Waals surface area contributed by atoms with E-state index in [0.717, 1.165) is 0 Å². The Morgan fingerprint density at radius 3 is 2.70 bits per heavy atom. The molecule has 10 heavy (non-hydrogen) atoms. The predicted octanol–water partition coefficient (Wildman–Crippen LogP) is -0.421. The Morgan fingerprint density at radius 1 is 1.80 bits per heavy atom. The smallest absolute Gasteiger partial charge is 0.303 e. The molecule has 5 nitrogen and oxygen atoms in total. The highest BCUT2D eigenvalue weighted by Gasteiger charge is 1.99. The van der Waals surface area contributed by atoms with E-state index in [4.69, 9.17) is 5.21 Å². The van der Waals surface area contributed by atoms with Gasteiger partial charge in [-0.25, -0.2) is 0 Å². The molecular formula is C5H7NO4. The van der Waals surface area contributed by atoms with E-state index < -0.39 is 5.97 Å². The van der Waals surface area contributed by atoms with Crippen LogP contribution in [-0.2, 0) is 14.3 Å². The molecule has 0 atom stereocenters. The first-order chi connectivity index (χ1) is 4.70. The molecule has 0 saturated carbocycles. The summed E-state index contributed by atoms with van der Waals surface area (Å²) in [7, 11) is 0. The predicted molar refractivity (Wildman–Crippen MR) is 31.9 cm³/mol. The molecule has 0 amide bonds. The van der Waals surface area contributed by atoms with Crippen LogP contribution in [0.4, 0.5) is 0 Å². The molecule has 0 aliphatic heterocycles. The van der Waals surface area contributed by atoms with Crippen LogP contribution in [0.3, 0.4) is 0 Å². The highest BCUT2D eigenvalue weighted by atomic mass is 16.5. The lowest BCUT2D eigenvalue weighted by Gasteiger charge is -1.95. The average Bonchev–Trinajstić information content (AvgIpc) is 1.90. The molecule has 0 unspecified atom stereocenters. The number of ether oxygens (including phenoxy) is 1. The SMILES string of the molecule is CC(=O)OC/C(C=O)=N\O. The van der Waals surface area contributed by atoms with Crippen molar-refractivity contribution in [3.8, 4) is 0 Å². The minimum atomic E-state index is -0.525. The summed E-state index contributed by atoms with van der Waals surface area (Å²) in [6.45, 7) is 0.912. The van der Waals surface area contributed by atoms with Crippen LogP contribution in [-0.4, -0.2) is 29.8 Å². The van der Waals surface area contributed by atoms with Crippen LogP contribution in [0.15, 0.2) is 5.16 Å². The van der Waals surface area contributed by atoms with Gasteiger partial charge < -0.3 is 9.94 Å². The van der Waals surface area contributed by atoms with Crippen molar-refractivity contribution in [2.45, 2.75) is 6.92 Å². The number of oxime groups is 1. The van der Waals surface area contributed by atoms with Crippen LogP contribution in [0.2, 0.25) is 0 Å². The van der Waals surface area contributed by atoms with E-state index in [9.17, 15) is 9.59 Å². The van der Waals surface area contributed by atoms with Gasteiger partial charge in [-0.15, -0.1) is 0 Å². The maximum Gasteiger partial charge on any atom is 0.303 e. The minimum Gasteiger partial charge on any atom is -0.459 e. The number of carbonyl (C=O) groups is 2. The number of nitrogens with zero attached hydrogens (tertiary/aromatic N) is 1. The van der Waals surface area contributed by atoms with Gasteiger partial charge in [0.25, 0.3) is 0 Å². The molecule has 0 saturated heterocycles. The zero-order chi connectivity index (χ0) is 7.98. The molecule has 0 rings (SSSR count). The van der Waals surface area contributed by atoms with Crippen LogP contribution < -0.4 is 0 Å². The van der Waals surface area contributed by atoms with Gasteiger partial charge in [0.1, 0.15) is 6.61 Å². The third-order valence-electron chi connectivity index (χ3n) is 0.688. The van der Waals surface area contributed by atoms with Crippen molar-refractivity contribution in [3.05, 3.63) is 0 Å². The quantitative estimate of drug-likeness (QED) is 0.192. The second kappa shape index (κ2) is 4.49. The number of esters is 1. The van der Waals surface area contributed by atoms with Crippen LogP contribution >= 0.6 is 0 Å². The van der Waals surface area contributed by atoms with Crippen molar-refractivity contribution in [1.82, 2.24) is 0 Å². The van der Waals surface area contributed by atoms with Gasteiger partial charge in [0.05, 0.1) is 0 Å². The molecule has 1 N–H and O–H groups in total. The molecule has 0 aromatic carbocycles. The molecular weight excluding hydrogens is 138 g/mol. The summed E-state index contributed by atoms with van der Waals surface area (Å²) in [6, 6.07) is 0. The Morgan fingerprint density at radius 2 is 2.40 bits per heavy atom. The highest BCUT2D eigenvalue weighted by Crippen LogP contribution is 1.78. The number of carbonyl (C=O) groups excluding carboxylic acids is 2.